The van der Waals surface area contributed by atoms with E-state index < -0.39 is 24.2 Å². The molecule has 0 radical (unpaired) electrons. The van der Waals surface area contributed by atoms with Gasteiger partial charge in [-0.2, -0.15) is 13.2 Å². The minimum absolute atomic E-state index is 0.212. The van der Waals surface area contributed by atoms with Crippen LogP contribution in [0.3, 0.4) is 0 Å². The molecular weight excluding hydrogens is 235 g/mol. The maximum Gasteiger partial charge on any atom is 0.401 e. The number of nitrogens with two attached hydrogens (primary N) is 1. The number of carbonyl (C=O) groups excluding carboxylic acids is 1. The number of nitrogens with one attached hydrogen (secondary N) is 2. The molecule has 0 aromatic carbocycles. The highest BCUT2D eigenvalue weighted by Crippen LogP contribution is 2.28. The topological polar surface area (TPSA) is 67.2 Å². The van der Waals surface area contributed by atoms with Crippen LogP contribution in [-0.2, 0) is 4.79 Å². The average Bonchev–Trinajstić information content (AvgIpc) is 2.25. The van der Waals surface area contributed by atoms with Gasteiger partial charge >= 0.3 is 6.18 Å². The largest absolute Gasteiger partial charge is 0.401 e. The van der Waals surface area contributed by atoms with E-state index in [1.165, 1.54) is 0 Å². The molecule has 0 aliphatic carbocycles. The summed E-state index contributed by atoms with van der Waals surface area (Å²) in [6, 6.07) is 0. The van der Waals surface area contributed by atoms with Crippen LogP contribution in [0, 0.1) is 5.92 Å². The minimum Gasteiger partial charge on any atom is -0.368 e. The van der Waals surface area contributed by atoms with Crippen molar-refractivity contribution in [3.8, 4) is 0 Å². The number of hydrogen-bond donors (Lipinski definition) is 3. The highest BCUT2D eigenvalue weighted by atomic mass is 19.4. The first-order valence-electron chi connectivity index (χ1n) is 5.64. The molecule has 1 rings (SSSR count). The molecule has 1 saturated heterocycles. The Hall–Kier alpha value is -0.820. The number of rotatable bonds is 4. The van der Waals surface area contributed by atoms with Gasteiger partial charge in [-0.3, -0.25) is 10.1 Å². The molecule has 7 heteroatoms. The summed E-state index contributed by atoms with van der Waals surface area (Å²) in [5.41, 5.74) is 4.06. The molecular formula is C10H18F3N3O. The van der Waals surface area contributed by atoms with Gasteiger partial charge in [0.15, 0.2) is 0 Å². The van der Waals surface area contributed by atoms with Crippen molar-refractivity contribution in [3.63, 3.8) is 0 Å². The fourth-order valence-corrected chi connectivity index (χ4v) is 2.34. The molecule has 4 nitrogen and oxygen atoms in total. The molecule has 0 saturated carbocycles. The van der Waals surface area contributed by atoms with Gasteiger partial charge in [-0.1, -0.05) is 6.92 Å². The Labute approximate surface area is 98.1 Å². The standard InChI is InChI=1S/C10H18F3N3O/c1-2-7-5-15-4-3-9(7,8(14)17)16-6-10(11,12)13/h7,15-16H,2-6H2,1H3,(H2,14,17). The molecule has 1 aliphatic rings. The first kappa shape index (κ1) is 14.2. The van der Waals surface area contributed by atoms with Gasteiger partial charge in [0.1, 0.15) is 5.54 Å². The van der Waals surface area contributed by atoms with E-state index in [2.05, 4.69) is 10.6 Å². The summed E-state index contributed by atoms with van der Waals surface area (Å²) in [4.78, 5) is 11.5. The fourth-order valence-electron chi connectivity index (χ4n) is 2.34. The zero-order valence-corrected chi connectivity index (χ0v) is 9.73. The number of hydrogen-bond acceptors (Lipinski definition) is 3. The van der Waals surface area contributed by atoms with E-state index in [4.69, 9.17) is 5.73 Å². The predicted octanol–water partition coefficient (Wildman–Crippen LogP) is 0.382. The maximum atomic E-state index is 12.2. The van der Waals surface area contributed by atoms with Crippen molar-refractivity contribution in [2.45, 2.75) is 31.5 Å². The summed E-state index contributed by atoms with van der Waals surface area (Å²) in [6.07, 6.45) is -3.46. The van der Waals surface area contributed by atoms with Gasteiger partial charge in [0.2, 0.25) is 5.91 Å². The number of amides is 1. The van der Waals surface area contributed by atoms with Crippen molar-refractivity contribution in [2.24, 2.45) is 11.7 Å². The van der Waals surface area contributed by atoms with E-state index in [1.807, 2.05) is 6.92 Å². The van der Waals surface area contributed by atoms with Gasteiger partial charge in [0, 0.05) is 6.54 Å². The van der Waals surface area contributed by atoms with Crippen LogP contribution in [0.2, 0.25) is 0 Å². The summed E-state index contributed by atoms with van der Waals surface area (Å²) in [5.74, 6) is -0.911. The first-order chi connectivity index (χ1) is 7.82. The summed E-state index contributed by atoms with van der Waals surface area (Å²) in [6.45, 7) is 1.64. The van der Waals surface area contributed by atoms with Crippen LogP contribution < -0.4 is 16.4 Å². The third kappa shape index (κ3) is 3.32. The lowest BCUT2D eigenvalue weighted by molar-refractivity contribution is -0.140. The lowest BCUT2D eigenvalue weighted by Crippen LogP contribution is -2.66. The van der Waals surface area contributed by atoms with Crippen molar-refractivity contribution in [1.29, 1.82) is 0 Å². The van der Waals surface area contributed by atoms with Gasteiger partial charge in [-0.25, -0.2) is 0 Å². The Bertz CT molecular complexity index is 282. The van der Waals surface area contributed by atoms with Crippen LogP contribution in [0.25, 0.3) is 0 Å². The van der Waals surface area contributed by atoms with Crippen LogP contribution >= 0.6 is 0 Å². The SMILES string of the molecule is CCC1CNCCC1(NCC(F)(F)F)C(N)=O. The van der Waals surface area contributed by atoms with E-state index >= 15 is 0 Å². The molecule has 1 aliphatic heterocycles. The highest BCUT2D eigenvalue weighted by Gasteiger charge is 2.46. The number of piperidine rings is 1. The monoisotopic (exact) mass is 253 g/mol. The Kier molecular flexibility index (Phi) is 4.37. The molecule has 17 heavy (non-hydrogen) atoms. The summed E-state index contributed by atoms with van der Waals surface area (Å²) in [5, 5.41) is 5.40. The molecule has 0 bridgehead atoms. The summed E-state index contributed by atoms with van der Waals surface area (Å²) in [7, 11) is 0. The molecule has 1 amide bonds. The fraction of sp³-hybridized carbons (Fsp3) is 0.900. The summed E-state index contributed by atoms with van der Waals surface area (Å²) >= 11 is 0. The van der Waals surface area contributed by atoms with Crippen molar-refractivity contribution < 1.29 is 18.0 Å². The lowest BCUT2D eigenvalue weighted by atomic mass is 9.76. The average molecular weight is 253 g/mol. The van der Waals surface area contributed by atoms with Gasteiger partial charge in [0.05, 0.1) is 6.54 Å². The third-order valence-corrected chi connectivity index (χ3v) is 3.32. The maximum absolute atomic E-state index is 12.2. The van der Waals surface area contributed by atoms with E-state index in [9.17, 15) is 18.0 Å². The molecule has 2 unspecified atom stereocenters. The van der Waals surface area contributed by atoms with Gasteiger partial charge in [0.25, 0.3) is 0 Å². The quantitative estimate of drug-likeness (QED) is 0.678. The highest BCUT2D eigenvalue weighted by molar-refractivity contribution is 5.85. The van der Waals surface area contributed by atoms with Crippen molar-refractivity contribution in [3.05, 3.63) is 0 Å². The molecule has 2 atom stereocenters. The lowest BCUT2D eigenvalue weighted by Gasteiger charge is -2.42. The molecule has 1 fully saturated rings. The Morgan fingerprint density at radius 1 is 1.59 bits per heavy atom. The smallest absolute Gasteiger partial charge is 0.368 e. The molecule has 1 heterocycles. The first-order valence-corrected chi connectivity index (χ1v) is 5.64. The Balaban J connectivity index is 2.83. The normalized spacial score (nSPS) is 30.2. The zero-order valence-electron chi connectivity index (χ0n) is 9.73. The van der Waals surface area contributed by atoms with Crippen LogP contribution in [-0.4, -0.2) is 37.3 Å². The molecule has 0 spiro atoms. The second-order valence-electron chi connectivity index (χ2n) is 4.36. The number of carbonyl (C=O) groups is 1. The predicted molar refractivity (Wildman–Crippen MR) is 57.3 cm³/mol. The number of halogens is 3. The van der Waals surface area contributed by atoms with Gasteiger partial charge < -0.3 is 11.1 Å². The number of alkyl halides is 3. The van der Waals surface area contributed by atoms with Crippen LogP contribution in [0.4, 0.5) is 13.2 Å². The molecule has 0 aromatic heterocycles. The minimum atomic E-state index is -4.34. The second kappa shape index (κ2) is 5.22. The van der Waals surface area contributed by atoms with Crippen LogP contribution in [0.5, 0.6) is 0 Å². The molecule has 0 aromatic rings. The van der Waals surface area contributed by atoms with Crippen molar-refractivity contribution in [1.82, 2.24) is 10.6 Å². The van der Waals surface area contributed by atoms with E-state index in [1.54, 1.807) is 0 Å². The van der Waals surface area contributed by atoms with Gasteiger partial charge in [-0.15, -0.1) is 0 Å². The van der Waals surface area contributed by atoms with Crippen molar-refractivity contribution in [2.75, 3.05) is 19.6 Å². The number of primary amides is 1. The summed E-state index contributed by atoms with van der Waals surface area (Å²) < 4.78 is 36.7. The Morgan fingerprint density at radius 3 is 2.71 bits per heavy atom. The zero-order chi connectivity index (χ0) is 13.1. The molecule has 100 valence electrons. The van der Waals surface area contributed by atoms with E-state index in [0.717, 1.165) is 0 Å². The van der Waals surface area contributed by atoms with Crippen LogP contribution in [0.15, 0.2) is 0 Å². The van der Waals surface area contributed by atoms with E-state index in [-0.39, 0.29) is 12.3 Å². The van der Waals surface area contributed by atoms with Gasteiger partial charge in [-0.05, 0) is 25.3 Å². The van der Waals surface area contributed by atoms with Crippen molar-refractivity contribution >= 4 is 5.91 Å². The second-order valence-corrected chi connectivity index (χ2v) is 4.36. The Morgan fingerprint density at radius 2 is 2.24 bits per heavy atom. The van der Waals surface area contributed by atoms with Crippen LogP contribution in [0.1, 0.15) is 19.8 Å². The third-order valence-electron chi connectivity index (χ3n) is 3.32. The van der Waals surface area contributed by atoms with E-state index in [0.29, 0.717) is 19.5 Å². The molecule has 4 N–H and O–H groups in total.